The monoisotopic (exact) mass is 199 g/mol. The van der Waals surface area contributed by atoms with E-state index in [1.54, 1.807) is 0 Å². The first kappa shape index (κ1) is 11.7. The zero-order chi connectivity index (χ0) is 10.6. The number of nitrogens with zero attached hydrogens (tertiary/aromatic N) is 1. The van der Waals surface area contributed by atoms with E-state index in [1.165, 1.54) is 0 Å². The van der Waals surface area contributed by atoms with Crippen molar-refractivity contribution in [3.63, 3.8) is 0 Å². The Morgan fingerprint density at radius 2 is 2.07 bits per heavy atom. The van der Waals surface area contributed by atoms with Crippen LogP contribution in [0.2, 0.25) is 0 Å². The third-order valence-electron chi connectivity index (χ3n) is 3.04. The van der Waals surface area contributed by atoms with Crippen LogP contribution in [0.15, 0.2) is 0 Å². The van der Waals surface area contributed by atoms with E-state index in [9.17, 15) is 4.79 Å². The van der Waals surface area contributed by atoms with Crippen LogP contribution in [0.1, 0.15) is 39.0 Å². The summed E-state index contributed by atoms with van der Waals surface area (Å²) in [6, 6.07) is 0.548. The third-order valence-corrected chi connectivity index (χ3v) is 3.04. The summed E-state index contributed by atoms with van der Waals surface area (Å²) >= 11 is 0. The van der Waals surface area contributed by atoms with Gasteiger partial charge in [0, 0.05) is 25.4 Å². The number of rotatable bonds is 4. The molecule has 0 aromatic carbocycles. The van der Waals surface area contributed by atoms with Gasteiger partial charge in [-0.3, -0.25) is 4.79 Å². The highest BCUT2D eigenvalue weighted by Crippen LogP contribution is 2.19. The maximum Gasteiger partial charge on any atom is 0.133 e. The SMILES string of the molecule is CC(O)CCN(C)C1CCC(=O)CC1. The Morgan fingerprint density at radius 1 is 1.50 bits per heavy atom. The zero-order valence-electron chi connectivity index (χ0n) is 9.20. The highest BCUT2D eigenvalue weighted by molar-refractivity contribution is 5.79. The average molecular weight is 199 g/mol. The van der Waals surface area contributed by atoms with Crippen LogP contribution in [0, 0.1) is 0 Å². The van der Waals surface area contributed by atoms with Crippen molar-refractivity contribution in [2.45, 2.75) is 51.2 Å². The van der Waals surface area contributed by atoms with Crippen LogP contribution >= 0.6 is 0 Å². The van der Waals surface area contributed by atoms with Gasteiger partial charge in [-0.2, -0.15) is 0 Å². The quantitative estimate of drug-likeness (QED) is 0.739. The van der Waals surface area contributed by atoms with Gasteiger partial charge in [-0.05, 0) is 33.2 Å². The summed E-state index contributed by atoms with van der Waals surface area (Å²) < 4.78 is 0. The van der Waals surface area contributed by atoms with Crippen molar-refractivity contribution in [3.8, 4) is 0 Å². The lowest BCUT2D eigenvalue weighted by atomic mass is 9.93. The molecule has 0 aromatic heterocycles. The van der Waals surface area contributed by atoms with Crippen molar-refractivity contribution in [2.24, 2.45) is 0 Å². The molecular formula is C11H21NO2. The molecule has 1 aliphatic rings. The minimum atomic E-state index is -0.220. The van der Waals surface area contributed by atoms with E-state index in [0.29, 0.717) is 11.8 Å². The molecule has 3 heteroatoms. The number of hydrogen-bond acceptors (Lipinski definition) is 3. The number of hydrogen-bond donors (Lipinski definition) is 1. The Morgan fingerprint density at radius 3 is 2.57 bits per heavy atom. The van der Waals surface area contributed by atoms with Gasteiger partial charge in [0.15, 0.2) is 0 Å². The first-order valence-corrected chi connectivity index (χ1v) is 5.49. The summed E-state index contributed by atoms with van der Waals surface area (Å²) in [5.74, 6) is 0.408. The van der Waals surface area contributed by atoms with Gasteiger partial charge in [-0.1, -0.05) is 0 Å². The highest BCUT2D eigenvalue weighted by atomic mass is 16.3. The fourth-order valence-electron chi connectivity index (χ4n) is 1.94. The lowest BCUT2D eigenvalue weighted by molar-refractivity contribution is -0.121. The van der Waals surface area contributed by atoms with E-state index >= 15 is 0 Å². The van der Waals surface area contributed by atoms with Crippen molar-refractivity contribution in [2.75, 3.05) is 13.6 Å². The molecule has 0 aromatic rings. The molecule has 14 heavy (non-hydrogen) atoms. The molecule has 82 valence electrons. The minimum Gasteiger partial charge on any atom is -0.393 e. The molecule has 1 aliphatic carbocycles. The lowest BCUT2D eigenvalue weighted by Gasteiger charge is -2.30. The second-order valence-corrected chi connectivity index (χ2v) is 4.39. The van der Waals surface area contributed by atoms with Crippen LogP contribution in [-0.4, -0.2) is 41.5 Å². The van der Waals surface area contributed by atoms with Crippen molar-refractivity contribution in [3.05, 3.63) is 0 Å². The first-order valence-electron chi connectivity index (χ1n) is 5.49. The summed E-state index contributed by atoms with van der Waals surface area (Å²) in [7, 11) is 2.09. The van der Waals surface area contributed by atoms with E-state index in [4.69, 9.17) is 5.11 Å². The lowest BCUT2D eigenvalue weighted by Crippen LogP contribution is -2.36. The molecule has 0 aliphatic heterocycles. The van der Waals surface area contributed by atoms with Gasteiger partial charge >= 0.3 is 0 Å². The molecule has 0 spiro atoms. The predicted octanol–water partition coefficient (Wildman–Crippen LogP) is 1.20. The van der Waals surface area contributed by atoms with Crippen LogP contribution in [0.25, 0.3) is 0 Å². The Balaban J connectivity index is 2.23. The van der Waals surface area contributed by atoms with Crippen molar-refractivity contribution < 1.29 is 9.90 Å². The molecule has 3 nitrogen and oxygen atoms in total. The van der Waals surface area contributed by atoms with Gasteiger partial charge in [-0.25, -0.2) is 0 Å². The van der Waals surface area contributed by atoms with Crippen LogP contribution in [0.4, 0.5) is 0 Å². The van der Waals surface area contributed by atoms with Gasteiger partial charge in [0.25, 0.3) is 0 Å². The molecule has 0 saturated heterocycles. The second-order valence-electron chi connectivity index (χ2n) is 4.39. The van der Waals surface area contributed by atoms with Crippen molar-refractivity contribution in [1.82, 2.24) is 4.90 Å². The molecule has 1 unspecified atom stereocenters. The number of carbonyl (C=O) groups is 1. The Labute approximate surface area is 86.1 Å². The fraction of sp³-hybridized carbons (Fsp3) is 0.909. The summed E-state index contributed by atoms with van der Waals surface area (Å²) in [6.45, 7) is 2.74. The van der Waals surface area contributed by atoms with Crippen LogP contribution in [0.3, 0.4) is 0 Å². The maximum atomic E-state index is 11.0. The third kappa shape index (κ3) is 3.76. The van der Waals surface area contributed by atoms with E-state index < -0.39 is 0 Å². The topological polar surface area (TPSA) is 40.5 Å². The Hall–Kier alpha value is -0.410. The smallest absolute Gasteiger partial charge is 0.133 e. The normalized spacial score (nSPS) is 21.6. The molecule has 1 fully saturated rings. The van der Waals surface area contributed by atoms with Gasteiger partial charge in [0.2, 0.25) is 0 Å². The molecular weight excluding hydrogens is 178 g/mol. The molecule has 0 bridgehead atoms. The number of carbonyl (C=O) groups excluding carboxylic acids is 1. The molecule has 0 heterocycles. The highest BCUT2D eigenvalue weighted by Gasteiger charge is 2.21. The van der Waals surface area contributed by atoms with E-state index in [0.717, 1.165) is 38.6 Å². The summed E-state index contributed by atoms with van der Waals surface area (Å²) in [4.78, 5) is 13.3. The van der Waals surface area contributed by atoms with Crippen molar-refractivity contribution in [1.29, 1.82) is 0 Å². The van der Waals surface area contributed by atoms with Crippen LogP contribution in [-0.2, 0) is 4.79 Å². The Bertz CT molecular complexity index is 182. The standard InChI is InChI=1S/C11H21NO2/c1-9(13)7-8-12(2)10-3-5-11(14)6-4-10/h9-10,13H,3-8H2,1-2H3. The second kappa shape index (κ2) is 5.47. The average Bonchev–Trinajstić information content (AvgIpc) is 2.15. The summed E-state index contributed by atoms with van der Waals surface area (Å²) in [6.07, 6.45) is 4.07. The van der Waals surface area contributed by atoms with Gasteiger partial charge in [0.05, 0.1) is 6.10 Å². The summed E-state index contributed by atoms with van der Waals surface area (Å²) in [5.41, 5.74) is 0. The Kier molecular flexibility index (Phi) is 4.55. The molecule has 0 amide bonds. The van der Waals surface area contributed by atoms with Gasteiger partial charge < -0.3 is 10.0 Å². The predicted molar refractivity (Wildman–Crippen MR) is 56.2 cm³/mol. The molecule has 1 atom stereocenters. The van der Waals surface area contributed by atoms with Crippen molar-refractivity contribution >= 4 is 5.78 Å². The largest absolute Gasteiger partial charge is 0.393 e. The number of ketones is 1. The minimum absolute atomic E-state index is 0.220. The summed E-state index contributed by atoms with van der Waals surface area (Å²) in [5, 5.41) is 9.16. The number of aliphatic hydroxyl groups is 1. The van der Waals surface area contributed by atoms with Crippen LogP contribution in [0.5, 0.6) is 0 Å². The van der Waals surface area contributed by atoms with E-state index in [1.807, 2.05) is 6.92 Å². The zero-order valence-corrected chi connectivity index (χ0v) is 9.20. The van der Waals surface area contributed by atoms with Crippen LogP contribution < -0.4 is 0 Å². The first-order chi connectivity index (χ1) is 6.59. The molecule has 1 N–H and O–H groups in total. The fourth-order valence-corrected chi connectivity index (χ4v) is 1.94. The van der Waals surface area contributed by atoms with Gasteiger partial charge in [-0.15, -0.1) is 0 Å². The molecule has 1 rings (SSSR count). The number of aliphatic hydroxyl groups excluding tert-OH is 1. The van der Waals surface area contributed by atoms with E-state index in [2.05, 4.69) is 11.9 Å². The number of Topliss-reactive ketones (excluding diaryl/α,β-unsaturated/α-hetero) is 1. The molecule has 1 saturated carbocycles. The van der Waals surface area contributed by atoms with E-state index in [-0.39, 0.29) is 6.10 Å². The maximum absolute atomic E-state index is 11.0. The molecule has 0 radical (unpaired) electrons. The van der Waals surface area contributed by atoms with Gasteiger partial charge in [0.1, 0.15) is 5.78 Å².